The molecule has 1 aliphatic rings. The van der Waals surface area contributed by atoms with Crippen molar-refractivity contribution in [2.24, 2.45) is 0 Å². The van der Waals surface area contributed by atoms with Crippen LogP contribution in [0.4, 0.5) is 13.2 Å². The molecule has 1 amide bonds. The minimum Gasteiger partial charge on any atom is -0.388 e. The van der Waals surface area contributed by atoms with Crippen LogP contribution in [0.25, 0.3) is 0 Å². The first-order chi connectivity index (χ1) is 9.56. The Labute approximate surface area is 128 Å². The van der Waals surface area contributed by atoms with Crippen LogP contribution in [0.5, 0.6) is 0 Å². The summed E-state index contributed by atoms with van der Waals surface area (Å²) in [4.78, 5) is 18.0. The quantitative estimate of drug-likeness (QED) is 0.860. The predicted octanol–water partition coefficient (Wildman–Crippen LogP) is 2.59. The monoisotopic (exact) mass is 340 g/mol. The lowest BCUT2D eigenvalue weighted by molar-refractivity contribution is -0.130. The number of thioether (sulfide) groups is 1. The van der Waals surface area contributed by atoms with Gasteiger partial charge in [0.1, 0.15) is 0 Å². The summed E-state index contributed by atoms with van der Waals surface area (Å²) in [5, 5.41) is 9.83. The number of amides is 1. The maximum absolute atomic E-state index is 12.3. The van der Waals surface area contributed by atoms with Crippen LogP contribution in [-0.4, -0.2) is 45.1 Å². The Kier molecular flexibility index (Phi) is 4.55. The van der Waals surface area contributed by atoms with E-state index in [9.17, 15) is 23.1 Å². The molecule has 0 aliphatic carbocycles. The summed E-state index contributed by atoms with van der Waals surface area (Å²) in [6, 6.07) is 0. The molecule has 0 unspecified atom stereocenters. The second kappa shape index (κ2) is 5.77. The van der Waals surface area contributed by atoms with Crippen LogP contribution >= 0.6 is 23.1 Å². The lowest BCUT2D eigenvalue weighted by Gasteiger charge is -2.18. The first kappa shape index (κ1) is 16.6. The molecule has 0 bridgehead atoms. The first-order valence-corrected chi connectivity index (χ1v) is 7.91. The highest BCUT2D eigenvalue weighted by Gasteiger charge is 2.35. The molecule has 0 saturated carbocycles. The maximum Gasteiger partial charge on any atom is 0.448 e. The zero-order valence-electron chi connectivity index (χ0n) is 11.5. The number of rotatable bonds is 3. The molecular weight excluding hydrogens is 325 g/mol. The number of carbonyl (C=O) groups excluding carboxylic acids is 1. The number of likely N-dealkylation sites (tertiary alicyclic amines) is 1. The number of aryl methyl sites for hydroxylation is 1. The van der Waals surface area contributed by atoms with Crippen LogP contribution in [0.2, 0.25) is 0 Å². The highest BCUT2D eigenvalue weighted by molar-refractivity contribution is 8.01. The largest absolute Gasteiger partial charge is 0.448 e. The molecule has 4 nitrogen and oxygen atoms in total. The fourth-order valence-electron chi connectivity index (χ4n) is 2.12. The van der Waals surface area contributed by atoms with E-state index in [1.807, 2.05) is 0 Å². The number of hydrogen-bond acceptors (Lipinski definition) is 5. The number of alkyl halides is 3. The Morgan fingerprint density at radius 1 is 1.57 bits per heavy atom. The zero-order chi connectivity index (χ0) is 15.8. The maximum atomic E-state index is 12.3. The standard InChI is InChI=1S/C12H15F3N2O2S2/c1-7-8(20-10(16-7)21-12(13,14)15)5-9(18)17-4-3-11(2,19)6-17/h19H,3-6H2,1-2H3/t11-/m0/s1. The highest BCUT2D eigenvalue weighted by Crippen LogP contribution is 2.39. The van der Waals surface area contributed by atoms with Crippen molar-refractivity contribution in [2.75, 3.05) is 13.1 Å². The van der Waals surface area contributed by atoms with Gasteiger partial charge in [0.15, 0.2) is 4.34 Å². The molecular formula is C12H15F3N2O2S2. The van der Waals surface area contributed by atoms with Crippen molar-refractivity contribution in [2.45, 2.75) is 42.1 Å². The van der Waals surface area contributed by atoms with Crippen molar-refractivity contribution in [1.82, 2.24) is 9.88 Å². The number of hydrogen-bond donors (Lipinski definition) is 1. The van der Waals surface area contributed by atoms with Gasteiger partial charge in [-0.05, 0) is 20.3 Å². The van der Waals surface area contributed by atoms with Gasteiger partial charge in [-0.1, -0.05) is 0 Å². The summed E-state index contributed by atoms with van der Waals surface area (Å²) in [6.07, 6.45) is 0.535. The van der Waals surface area contributed by atoms with E-state index in [1.54, 1.807) is 13.8 Å². The van der Waals surface area contributed by atoms with E-state index >= 15 is 0 Å². The SMILES string of the molecule is Cc1nc(SC(F)(F)F)sc1CC(=O)N1CC[C@](C)(O)C1. The molecule has 0 radical (unpaired) electrons. The average Bonchev–Trinajstić information content (AvgIpc) is 2.80. The Morgan fingerprint density at radius 3 is 2.76 bits per heavy atom. The van der Waals surface area contributed by atoms with Gasteiger partial charge in [-0.25, -0.2) is 4.98 Å². The molecule has 0 aromatic carbocycles. The summed E-state index contributed by atoms with van der Waals surface area (Å²) in [5.41, 5.74) is -4.80. The fourth-order valence-corrected chi connectivity index (χ4v) is 4.03. The molecule has 9 heteroatoms. The van der Waals surface area contributed by atoms with Crippen LogP contribution < -0.4 is 0 Å². The lowest BCUT2D eigenvalue weighted by Crippen LogP contribution is -2.34. The molecule has 1 aromatic heterocycles. The molecule has 0 spiro atoms. The van der Waals surface area contributed by atoms with Crippen molar-refractivity contribution in [3.63, 3.8) is 0 Å². The normalized spacial score (nSPS) is 22.9. The number of aromatic nitrogens is 1. The van der Waals surface area contributed by atoms with Gasteiger partial charge in [-0.15, -0.1) is 11.3 Å². The summed E-state index contributed by atoms with van der Waals surface area (Å²) < 4.78 is 36.8. The number of aliphatic hydroxyl groups is 1. The van der Waals surface area contributed by atoms with E-state index in [-0.39, 0.29) is 35.0 Å². The molecule has 1 N–H and O–H groups in total. The summed E-state index contributed by atoms with van der Waals surface area (Å²) >= 11 is 0.633. The third kappa shape index (κ3) is 4.58. The third-order valence-corrected chi connectivity index (χ3v) is 5.14. The van der Waals surface area contributed by atoms with Gasteiger partial charge in [0.2, 0.25) is 5.91 Å². The van der Waals surface area contributed by atoms with Crippen LogP contribution in [0.1, 0.15) is 23.9 Å². The first-order valence-electron chi connectivity index (χ1n) is 6.28. The van der Waals surface area contributed by atoms with E-state index in [2.05, 4.69) is 4.98 Å². The second-order valence-electron chi connectivity index (χ2n) is 5.28. The number of nitrogens with zero attached hydrogens (tertiary/aromatic N) is 2. The molecule has 21 heavy (non-hydrogen) atoms. The van der Waals surface area contributed by atoms with Crippen LogP contribution in [0.15, 0.2) is 4.34 Å². The summed E-state index contributed by atoms with van der Waals surface area (Å²) in [7, 11) is 0. The van der Waals surface area contributed by atoms with Gasteiger partial charge in [0.25, 0.3) is 0 Å². The zero-order valence-corrected chi connectivity index (χ0v) is 13.2. The predicted molar refractivity (Wildman–Crippen MR) is 74.3 cm³/mol. The van der Waals surface area contributed by atoms with Crippen molar-refractivity contribution in [3.05, 3.63) is 10.6 Å². The van der Waals surface area contributed by atoms with E-state index in [0.29, 0.717) is 23.5 Å². The molecule has 1 atom stereocenters. The van der Waals surface area contributed by atoms with Crippen molar-refractivity contribution < 1.29 is 23.1 Å². The molecule has 1 saturated heterocycles. The van der Waals surface area contributed by atoms with Crippen molar-refractivity contribution >= 4 is 29.0 Å². The van der Waals surface area contributed by atoms with E-state index in [0.717, 1.165) is 11.3 Å². The van der Waals surface area contributed by atoms with Crippen LogP contribution in [-0.2, 0) is 11.2 Å². The lowest BCUT2D eigenvalue weighted by atomic mass is 10.1. The fraction of sp³-hybridized carbons (Fsp3) is 0.667. The van der Waals surface area contributed by atoms with Gasteiger partial charge in [-0.3, -0.25) is 4.79 Å². The van der Waals surface area contributed by atoms with Gasteiger partial charge in [0.05, 0.1) is 17.7 Å². The minimum atomic E-state index is -4.38. The number of halogens is 3. The smallest absolute Gasteiger partial charge is 0.388 e. The van der Waals surface area contributed by atoms with Crippen LogP contribution in [0, 0.1) is 6.92 Å². The van der Waals surface area contributed by atoms with E-state index in [4.69, 9.17) is 0 Å². The second-order valence-corrected chi connectivity index (χ2v) is 7.67. The van der Waals surface area contributed by atoms with Gasteiger partial charge in [0, 0.05) is 29.7 Å². The number of β-amino-alcohol motifs (C(OH)–C–C–N with tert-alkyl or cyclic N) is 1. The van der Waals surface area contributed by atoms with Gasteiger partial charge < -0.3 is 10.0 Å². The number of thiazole rings is 1. The minimum absolute atomic E-state index is 0.0258. The van der Waals surface area contributed by atoms with Crippen molar-refractivity contribution in [1.29, 1.82) is 0 Å². The van der Waals surface area contributed by atoms with Crippen LogP contribution in [0.3, 0.4) is 0 Å². The Morgan fingerprint density at radius 2 is 2.24 bits per heavy atom. The van der Waals surface area contributed by atoms with E-state index < -0.39 is 11.1 Å². The molecule has 1 aromatic rings. The molecule has 1 aliphatic heterocycles. The highest BCUT2D eigenvalue weighted by atomic mass is 32.2. The molecule has 1 fully saturated rings. The summed E-state index contributed by atoms with van der Waals surface area (Å²) in [5.74, 6) is -0.192. The Bertz CT molecular complexity index is 543. The van der Waals surface area contributed by atoms with E-state index in [1.165, 1.54) is 4.90 Å². The van der Waals surface area contributed by atoms with Gasteiger partial charge in [-0.2, -0.15) is 13.2 Å². The Hall–Kier alpha value is -0.800. The molecule has 118 valence electrons. The number of carbonyl (C=O) groups is 1. The van der Waals surface area contributed by atoms with Crippen molar-refractivity contribution in [3.8, 4) is 0 Å². The van der Waals surface area contributed by atoms with Gasteiger partial charge >= 0.3 is 5.51 Å². The average molecular weight is 340 g/mol. The summed E-state index contributed by atoms with van der Waals surface area (Å²) in [6.45, 7) is 3.98. The topological polar surface area (TPSA) is 53.4 Å². The molecule has 2 rings (SSSR count). The Balaban J connectivity index is 2.01. The molecule has 2 heterocycles. The third-order valence-electron chi connectivity index (χ3n) is 3.19.